The molecule has 0 fully saturated rings. The van der Waals surface area contributed by atoms with Crippen LogP contribution in [0.15, 0.2) is 66.0 Å². The number of benzene rings is 2. The van der Waals surface area contributed by atoms with Crippen LogP contribution < -0.4 is 5.32 Å². The molecular formula is C20H16ClN3O3S. The molecule has 0 spiro atoms. The summed E-state index contributed by atoms with van der Waals surface area (Å²) in [5.41, 5.74) is 1.70. The quantitative estimate of drug-likeness (QED) is 0.365. The zero-order valence-corrected chi connectivity index (χ0v) is 16.5. The molecule has 2 aromatic carbocycles. The van der Waals surface area contributed by atoms with Crippen molar-refractivity contribution in [1.29, 1.82) is 0 Å². The van der Waals surface area contributed by atoms with Gasteiger partial charge in [-0.05, 0) is 17.7 Å². The van der Waals surface area contributed by atoms with Crippen LogP contribution in [-0.4, -0.2) is 29.0 Å². The van der Waals surface area contributed by atoms with Gasteiger partial charge in [-0.15, -0.1) is 0 Å². The first kappa shape index (κ1) is 19.9. The summed E-state index contributed by atoms with van der Waals surface area (Å²) in [6.07, 6.45) is 1.39. The van der Waals surface area contributed by atoms with Crippen LogP contribution in [0.4, 0.5) is 5.69 Å². The van der Waals surface area contributed by atoms with E-state index in [0.29, 0.717) is 16.6 Å². The number of ether oxygens (including phenoxy) is 1. The Hall–Kier alpha value is -2.90. The van der Waals surface area contributed by atoms with Crippen molar-refractivity contribution in [2.45, 2.75) is 10.9 Å². The summed E-state index contributed by atoms with van der Waals surface area (Å²) in [4.78, 5) is 33.0. The first-order valence-electron chi connectivity index (χ1n) is 8.26. The molecule has 0 bridgehead atoms. The smallest absolute Gasteiger partial charge is 0.339 e. The van der Waals surface area contributed by atoms with Gasteiger partial charge < -0.3 is 10.1 Å². The predicted molar refractivity (Wildman–Crippen MR) is 109 cm³/mol. The van der Waals surface area contributed by atoms with Crippen molar-refractivity contribution in [3.8, 4) is 0 Å². The van der Waals surface area contributed by atoms with Crippen LogP contribution in [0.3, 0.4) is 0 Å². The number of nitrogens with zero attached hydrogens (tertiary/aromatic N) is 2. The molecule has 142 valence electrons. The van der Waals surface area contributed by atoms with E-state index in [2.05, 4.69) is 15.3 Å². The van der Waals surface area contributed by atoms with E-state index in [4.69, 9.17) is 16.3 Å². The highest BCUT2D eigenvalue weighted by Crippen LogP contribution is 2.23. The summed E-state index contributed by atoms with van der Waals surface area (Å²) in [6, 6.07) is 16.4. The number of anilines is 1. The molecule has 0 saturated heterocycles. The van der Waals surface area contributed by atoms with E-state index in [1.165, 1.54) is 25.1 Å². The number of halogens is 1. The number of amides is 1. The molecule has 1 aromatic heterocycles. The minimum atomic E-state index is -0.552. The Kier molecular flexibility index (Phi) is 6.62. The van der Waals surface area contributed by atoms with E-state index < -0.39 is 11.9 Å². The number of carbonyl (C=O) groups is 2. The van der Waals surface area contributed by atoms with Crippen molar-refractivity contribution in [3.05, 3.63) is 82.6 Å². The number of hydrogen-bond acceptors (Lipinski definition) is 6. The van der Waals surface area contributed by atoms with Crippen LogP contribution in [0.2, 0.25) is 5.02 Å². The molecule has 3 rings (SSSR count). The number of aromatic nitrogens is 2. The number of methoxy groups -OCH3 is 1. The molecule has 0 saturated carbocycles. The number of nitrogens with one attached hydrogen (secondary N) is 1. The Morgan fingerprint density at radius 2 is 1.82 bits per heavy atom. The molecule has 0 aliphatic heterocycles. The van der Waals surface area contributed by atoms with Crippen molar-refractivity contribution in [2.75, 3.05) is 12.4 Å². The Morgan fingerprint density at radius 3 is 2.57 bits per heavy atom. The molecule has 8 heteroatoms. The summed E-state index contributed by atoms with van der Waals surface area (Å²) in [5, 5.41) is 3.21. The van der Waals surface area contributed by atoms with Crippen LogP contribution in [0, 0.1) is 0 Å². The standard InChI is InChI=1S/C20H16ClN3O3S/c1-27-19(26)14-9-5-6-10-16(14)23-18(25)17-15(21)11-22-20(24-17)28-12-13-7-3-2-4-8-13/h2-11H,12H2,1H3,(H,23,25). The summed E-state index contributed by atoms with van der Waals surface area (Å²) < 4.78 is 4.74. The van der Waals surface area contributed by atoms with Gasteiger partial charge in [-0.1, -0.05) is 65.8 Å². The lowest BCUT2D eigenvalue weighted by atomic mass is 10.1. The van der Waals surface area contributed by atoms with Gasteiger partial charge in [0.2, 0.25) is 0 Å². The third-order valence-electron chi connectivity index (χ3n) is 3.73. The molecule has 1 N–H and O–H groups in total. The number of para-hydroxylation sites is 1. The van der Waals surface area contributed by atoms with Gasteiger partial charge in [-0.2, -0.15) is 0 Å². The van der Waals surface area contributed by atoms with Crippen LogP contribution in [0.1, 0.15) is 26.4 Å². The Morgan fingerprint density at radius 1 is 1.11 bits per heavy atom. The normalized spacial score (nSPS) is 10.4. The fraction of sp³-hybridized carbons (Fsp3) is 0.100. The Labute approximate surface area is 171 Å². The second kappa shape index (κ2) is 9.34. The molecule has 1 amide bonds. The lowest BCUT2D eigenvalue weighted by molar-refractivity contribution is 0.0602. The highest BCUT2D eigenvalue weighted by Gasteiger charge is 2.18. The molecule has 28 heavy (non-hydrogen) atoms. The van der Waals surface area contributed by atoms with E-state index >= 15 is 0 Å². The monoisotopic (exact) mass is 413 g/mol. The molecule has 0 aliphatic carbocycles. The van der Waals surface area contributed by atoms with Gasteiger partial charge in [0.05, 0.1) is 29.6 Å². The van der Waals surface area contributed by atoms with Gasteiger partial charge in [0, 0.05) is 5.75 Å². The van der Waals surface area contributed by atoms with Gasteiger partial charge in [-0.3, -0.25) is 4.79 Å². The van der Waals surface area contributed by atoms with E-state index in [9.17, 15) is 9.59 Å². The molecule has 0 unspecified atom stereocenters. The summed E-state index contributed by atoms with van der Waals surface area (Å²) in [5.74, 6) is -0.427. The minimum absolute atomic E-state index is 0.0342. The highest BCUT2D eigenvalue weighted by atomic mass is 35.5. The second-order valence-electron chi connectivity index (χ2n) is 5.61. The van der Waals surface area contributed by atoms with Crippen LogP contribution in [0.25, 0.3) is 0 Å². The maximum Gasteiger partial charge on any atom is 0.339 e. The maximum absolute atomic E-state index is 12.7. The van der Waals surface area contributed by atoms with E-state index in [0.717, 1.165) is 5.56 Å². The van der Waals surface area contributed by atoms with Crippen LogP contribution >= 0.6 is 23.4 Å². The molecule has 3 aromatic rings. The number of carbonyl (C=O) groups excluding carboxylic acids is 2. The first-order chi connectivity index (χ1) is 13.6. The molecular weight excluding hydrogens is 398 g/mol. The topological polar surface area (TPSA) is 81.2 Å². The first-order valence-corrected chi connectivity index (χ1v) is 9.63. The number of rotatable bonds is 6. The minimum Gasteiger partial charge on any atom is -0.465 e. The van der Waals surface area contributed by atoms with Crippen molar-refractivity contribution < 1.29 is 14.3 Å². The van der Waals surface area contributed by atoms with Gasteiger partial charge in [0.1, 0.15) is 0 Å². The van der Waals surface area contributed by atoms with E-state index in [1.807, 2.05) is 30.3 Å². The summed E-state index contributed by atoms with van der Waals surface area (Å²) in [7, 11) is 1.28. The Balaban J connectivity index is 1.78. The molecule has 0 aliphatic rings. The van der Waals surface area contributed by atoms with Crippen molar-refractivity contribution in [3.63, 3.8) is 0 Å². The SMILES string of the molecule is COC(=O)c1ccccc1NC(=O)c1nc(SCc2ccccc2)ncc1Cl. The van der Waals surface area contributed by atoms with Crippen LogP contribution in [-0.2, 0) is 10.5 Å². The largest absolute Gasteiger partial charge is 0.465 e. The third kappa shape index (κ3) is 4.88. The number of thioether (sulfide) groups is 1. The average molecular weight is 414 g/mol. The van der Waals surface area contributed by atoms with Gasteiger partial charge in [0.15, 0.2) is 10.9 Å². The molecule has 6 nitrogen and oxygen atoms in total. The fourth-order valence-corrected chi connectivity index (χ4v) is 3.31. The van der Waals surface area contributed by atoms with Gasteiger partial charge in [0.25, 0.3) is 5.91 Å². The maximum atomic E-state index is 12.7. The second-order valence-corrected chi connectivity index (χ2v) is 6.96. The van der Waals surface area contributed by atoms with Crippen molar-refractivity contribution >= 4 is 40.9 Å². The summed E-state index contributed by atoms with van der Waals surface area (Å²) >= 11 is 7.51. The number of hydrogen-bond donors (Lipinski definition) is 1. The van der Waals surface area contributed by atoms with Gasteiger partial charge >= 0.3 is 5.97 Å². The van der Waals surface area contributed by atoms with Crippen molar-refractivity contribution in [2.24, 2.45) is 0 Å². The fourth-order valence-electron chi connectivity index (χ4n) is 2.36. The lowest BCUT2D eigenvalue weighted by Crippen LogP contribution is -2.17. The van der Waals surface area contributed by atoms with E-state index in [1.54, 1.807) is 24.3 Å². The zero-order chi connectivity index (χ0) is 19.9. The Bertz CT molecular complexity index is 999. The van der Waals surface area contributed by atoms with E-state index in [-0.39, 0.29) is 16.3 Å². The van der Waals surface area contributed by atoms with Crippen LogP contribution in [0.5, 0.6) is 0 Å². The predicted octanol–water partition coefficient (Wildman–Crippen LogP) is 4.46. The average Bonchev–Trinajstić information content (AvgIpc) is 2.73. The highest BCUT2D eigenvalue weighted by molar-refractivity contribution is 7.98. The number of esters is 1. The molecule has 0 radical (unpaired) electrons. The molecule has 1 heterocycles. The van der Waals surface area contributed by atoms with Crippen molar-refractivity contribution in [1.82, 2.24) is 9.97 Å². The third-order valence-corrected chi connectivity index (χ3v) is 4.94. The lowest BCUT2D eigenvalue weighted by Gasteiger charge is -2.10. The molecule has 0 atom stereocenters. The zero-order valence-electron chi connectivity index (χ0n) is 14.9. The van der Waals surface area contributed by atoms with Gasteiger partial charge in [-0.25, -0.2) is 14.8 Å². The summed E-state index contributed by atoms with van der Waals surface area (Å²) in [6.45, 7) is 0.